The van der Waals surface area contributed by atoms with Crippen molar-refractivity contribution in [2.24, 2.45) is 11.7 Å². The summed E-state index contributed by atoms with van der Waals surface area (Å²) in [6.45, 7) is 7.30. The van der Waals surface area contributed by atoms with E-state index in [0.29, 0.717) is 27.5 Å². The Bertz CT molecular complexity index is 1580. The van der Waals surface area contributed by atoms with Crippen molar-refractivity contribution in [1.82, 2.24) is 9.55 Å². The van der Waals surface area contributed by atoms with Gasteiger partial charge in [0.15, 0.2) is 0 Å². The average molecular weight is 491 g/mol. The van der Waals surface area contributed by atoms with E-state index in [4.69, 9.17) is 11.1 Å². The second kappa shape index (κ2) is 9.54. The first-order valence-corrected chi connectivity index (χ1v) is 11.3. The van der Waals surface area contributed by atoms with Crippen molar-refractivity contribution in [3.05, 3.63) is 101 Å². The molecule has 3 N–H and O–H groups in total. The average Bonchev–Trinajstić information content (AvgIpc) is 2.85. The van der Waals surface area contributed by atoms with Crippen LogP contribution in [0.5, 0.6) is 0 Å². The molecule has 0 saturated heterocycles. The molecule has 36 heavy (non-hydrogen) atoms. The van der Waals surface area contributed by atoms with Crippen molar-refractivity contribution in [3.63, 3.8) is 0 Å². The normalized spacial score (nSPS) is 14.1. The summed E-state index contributed by atoms with van der Waals surface area (Å²) in [4.78, 5) is 17.5. The molecule has 184 valence electrons. The van der Waals surface area contributed by atoms with E-state index in [1.807, 2.05) is 25.1 Å². The number of pyridine rings is 2. The van der Waals surface area contributed by atoms with Gasteiger partial charge in [0.05, 0.1) is 16.6 Å². The largest absolute Gasteiger partial charge is 0.416 e. The smallest absolute Gasteiger partial charge is 0.324 e. The van der Waals surface area contributed by atoms with Gasteiger partial charge >= 0.3 is 6.18 Å². The lowest BCUT2D eigenvalue weighted by atomic mass is 9.91. The summed E-state index contributed by atoms with van der Waals surface area (Å²) >= 11 is 0. The van der Waals surface area contributed by atoms with Crippen LogP contribution in [-0.4, -0.2) is 21.3 Å². The Hall–Kier alpha value is -4.04. The monoisotopic (exact) mass is 490 g/mol. The Morgan fingerprint density at radius 2 is 1.89 bits per heavy atom. The van der Waals surface area contributed by atoms with Crippen LogP contribution in [0.3, 0.4) is 0 Å². The number of halogens is 3. The number of fused-ring (bicyclic) bond motifs is 3. The van der Waals surface area contributed by atoms with E-state index < -0.39 is 23.3 Å². The predicted molar refractivity (Wildman–Crippen MR) is 139 cm³/mol. The van der Waals surface area contributed by atoms with E-state index in [1.165, 1.54) is 22.8 Å². The van der Waals surface area contributed by atoms with Crippen LogP contribution in [0.15, 0.2) is 84.3 Å². The molecule has 0 fully saturated rings. The first-order valence-electron chi connectivity index (χ1n) is 11.3. The molecule has 0 radical (unpaired) electrons. The van der Waals surface area contributed by atoms with Crippen molar-refractivity contribution in [2.75, 3.05) is 0 Å². The van der Waals surface area contributed by atoms with E-state index in [1.54, 1.807) is 31.3 Å². The van der Waals surface area contributed by atoms with Crippen LogP contribution in [0.2, 0.25) is 0 Å². The van der Waals surface area contributed by atoms with Crippen LogP contribution in [0.1, 0.15) is 25.0 Å². The van der Waals surface area contributed by atoms with E-state index in [0.717, 1.165) is 23.3 Å². The molecule has 8 heteroatoms. The summed E-state index contributed by atoms with van der Waals surface area (Å²) < 4.78 is 41.5. The lowest BCUT2D eigenvalue weighted by molar-refractivity contribution is -0.137. The summed E-state index contributed by atoms with van der Waals surface area (Å²) in [5.74, 6) is -0.341. The molecule has 0 aliphatic rings. The maximum Gasteiger partial charge on any atom is 0.416 e. The molecule has 2 unspecified atom stereocenters. The first kappa shape index (κ1) is 25.1. The molecule has 0 amide bonds. The second-order valence-corrected chi connectivity index (χ2v) is 8.72. The third-order valence-corrected chi connectivity index (χ3v) is 6.22. The number of nitrogens with two attached hydrogens (primary N) is 1. The van der Waals surface area contributed by atoms with Crippen LogP contribution in [0, 0.1) is 11.3 Å². The van der Waals surface area contributed by atoms with Crippen molar-refractivity contribution in [3.8, 4) is 5.69 Å². The van der Waals surface area contributed by atoms with Crippen molar-refractivity contribution in [2.45, 2.75) is 26.1 Å². The van der Waals surface area contributed by atoms with Crippen LogP contribution in [0.25, 0.3) is 33.1 Å². The van der Waals surface area contributed by atoms with Gasteiger partial charge in [0.1, 0.15) is 0 Å². The van der Waals surface area contributed by atoms with Gasteiger partial charge in [-0.15, -0.1) is 6.58 Å². The summed E-state index contributed by atoms with van der Waals surface area (Å²) in [5, 5.41) is 9.31. The van der Waals surface area contributed by atoms with Gasteiger partial charge in [0, 0.05) is 46.4 Å². The summed E-state index contributed by atoms with van der Waals surface area (Å²) in [6, 6.07) is 12.7. The van der Waals surface area contributed by atoms with Gasteiger partial charge in [-0.05, 0) is 61.4 Å². The van der Waals surface area contributed by atoms with Gasteiger partial charge in [-0.2, -0.15) is 13.2 Å². The molecule has 4 aromatic rings. The summed E-state index contributed by atoms with van der Waals surface area (Å²) in [7, 11) is 0. The molecule has 0 bridgehead atoms. The number of hydrogen-bond acceptors (Lipinski definition) is 4. The molecule has 2 heterocycles. The fourth-order valence-electron chi connectivity index (χ4n) is 4.27. The van der Waals surface area contributed by atoms with Crippen LogP contribution < -0.4 is 11.3 Å². The van der Waals surface area contributed by atoms with Crippen molar-refractivity contribution < 1.29 is 13.2 Å². The first-order chi connectivity index (χ1) is 17.0. The molecule has 4 rings (SSSR count). The minimum absolute atomic E-state index is 0.113. The zero-order valence-corrected chi connectivity index (χ0v) is 19.8. The number of hydrogen-bond donors (Lipinski definition) is 2. The number of allylic oxidation sites excluding steroid dienone is 1. The lowest BCUT2D eigenvalue weighted by Gasteiger charge is -2.18. The third kappa shape index (κ3) is 4.72. The summed E-state index contributed by atoms with van der Waals surface area (Å²) in [5.41, 5.74) is 8.05. The zero-order chi connectivity index (χ0) is 26.2. The molecule has 0 saturated carbocycles. The highest BCUT2D eigenvalue weighted by atomic mass is 19.4. The van der Waals surface area contributed by atoms with Gasteiger partial charge in [-0.1, -0.05) is 24.3 Å². The molecule has 5 nitrogen and oxygen atoms in total. The minimum atomic E-state index is -4.54. The van der Waals surface area contributed by atoms with Crippen molar-refractivity contribution >= 4 is 33.1 Å². The van der Waals surface area contributed by atoms with Crippen LogP contribution in [-0.2, 0) is 6.18 Å². The zero-order valence-electron chi connectivity index (χ0n) is 19.8. The Morgan fingerprint density at radius 3 is 2.56 bits per heavy atom. The molecule has 2 aromatic heterocycles. The quantitative estimate of drug-likeness (QED) is 0.194. The highest BCUT2D eigenvalue weighted by Gasteiger charge is 2.30. The Kier molecular flexibility index (Phi) is 6.65. The fourth-order valence-corrected chi connectivity index (χ4v) is 4.27. The van der Waals surface area contributed by atoms with Gasteiger partial charge in [0.2, 0.25) is 0 Å². The number of alkyl halides is 3. The highest BCUT2D eigenvalue weighted by molar-refractivity contribution is 6.05. The molecular weight excluding hydrogens is 465 g/mol. The highest BCUT2D eigenvalue weighted by Crippen LogP contribution is 2.32. The number of nitrogens with one attached hydrogen (secondary N) is 1. The SMILES string of the molecule is C=CC(N)C(/C=C(\C)c1ccc2ncc3ccc(=O)n(-c4cccc(C(F)(F)F)c4)c3c2c1)C(C)=N. The summed E-state index contributed by atoms with van der Waals surface area (Å²) in [6.07, 6.45) is 0.548. The van der Waals surface area contributed by atoms with Crippen LogP contribution in [0.4, 0.5) is 13.2 Å². The lowest BCUT2D eigenvalue weighted by Crippen LogP contribution is -2.31. The molecule has 2 aromatic carbocycles. The van der Waals surface area contributed by atoms with E-state index in [2.05, 4.69) is 11.6 Å². The van der Waals surface area contributed by atoms with E-state index in [-0.39, 0.29) is 11.6 Å². The van der Waals surface area contributed by atoms with Gasteiger partial charge < -0.3 is 11.1 Å². The van der Waals surface area contributed by atoms with Crippen LogP contribution >= 0.6 is 0 Å². The van der Waals surface area contributed by atoms with Gasteiger partial charge in [-0.3, -0.25) is 14.3 Å². The standard InChI is InChI=1S/C28H25F3N4O/c1-4-24(33)22(17(3)32)12-16(2)18-8-10-25-23(13-18)27-19(15-34-25)9-11-26(36)35(27)21-7-5-6-20(14-21)28(29,30)31/h4-15,22,24,32H,1,33H2,2-3H3/b16-12+,32-17?. The van der Waals surface area contributed by atoms with Crippen molar-refractivity contribution in [1.29, 1.82) is 5.41 Å². The molecule has 0 aliphatic carbocycles. The Labute approximate surface area is 205 Å². The second-order valence-electron chi connectivity index (χ2n) is 8.72. The molecule has 2 atom stereocenters. The molecule has 0 aliphatic heterocycles. The van der Waals surface area contributed by atoms with Gasteiger partial charge in [0.25, 0.3) is 5.56 Å². The molecular formula is C28H25F3N4O. The maximum atomic E-state index is 13.4. The number of benzene rings is 2. The fraction of sp³-hybridized carbons (Fsp3) is 0.179. The minimum Gasteiger partial charge on any atom is -0.324 e. The van der Waals surface area contributed by atoms with E-state index in [9.17, 15) is 18.0 Å². The molecule has 0 spiro atoms. The van der Waals surface area contributed by atoms with Gasteiger partial charge in [-0.25, -0.2) is 0 Å². The Balaban J connectivity index is 1.99. The Morgan fingerprint density at radius 1 is 1.14 bits per heavy atom. The maximum absolute atomic E-state index is 13.4. The van der Waals surface area contributed by atoms with E-state index >= 15 is 0 Å². The topological polar surface area (TPSA) is 84.8 Å². The third-order valence-electron chi connectivity index (χ3n) is 6.22. The number of rotatable bonds is 6. The number of aromatic nitrogens is 2. The number of nitrogens with zero attached hydrogens (tertiary/aromatic N) is 2. The predicted octanol–water partition coefficient (Wildman–Crippen LogP) is 6.13.